The van der Waals surface area contributed by atoms with Crippen molar-refractivity contribution >= 4 is 16.9 Å². The predicted octanol–water partition coefficient (Wildman–Crippen LogP) is 2.48. The molecule has 126 valence electrons. The van der Waals surface area contributed by atoms with E-state index in [0.717, 1.165) is 12.1 Å². The summed E-state index contributed by atoms with van der Waals surface area (Å²) in [6, 6.07) is 7.27. The zero-order valence-electron chi connectivity index (χ0n) is 13.0. The third-order valence-corrected chi connectivity index (χ3v) is 4.19. The maximum absolute atomic E-state index is 13.5. The van der Waals surface area contributed by atoms with Crippen molar-refractivity contribution in [3.8, 4) is 11.5 Å². The molecule has 0 fully saturated rings. The normalized spacial score (nSPS) is 15.9. The Balaban J connectivity index is 1.96. The van der Waals surface area contributed by atoms with Crippen LogP contribution in [0.25, 0.3) is 11.0 Å². The zero-order valence-corrected chi connectivity index (χ0v) is 13.0. The first-order valence-corrected chi connectivity index (χ1v) is 7.43. The lowest BCUT2D eigenvalue weighted by molar-refractivity contribution is 0.0938. The lowest BCUT2D eigenvalue weighted by Gasteiger charge is -2.13. The van der Waals surface area contributed by atoms with Crippen LogP contribution in [0.5, 0.6) is 11.5 Å². The number of benzene rings is 2. The van der Waals surface area contributed by atoms with E-state index < -0.39 is 23.2 Å². The second-order valence-corrected chi connectivity index (χ2v) is 5.65. The van der Waals surface area contributed by atoms with Gasteiger partial charge in [-0.25, -0.2) is 4.39 Å². The number of carbonyl (C=O) groups is 1. The van der Waals surface area contributed by atoms with Gasteiger partial charge in [0.2, 0.25) is 5.76 Å². The van der Waals surface area contributed by atoms with E-state index in [1.54, 1.807) is 6.07 Å². The minimum atomic E-state index is -0.777. The van der Waals surface area contributed by atoms with E-state index in [1.165, 1.54) is 25.3 Å². The first kappa shape index (κ1) is 15.2. The van der Waals surface area contributed by atoms with E-state index in [0.29, 0.717) is 5.56 Å². The second kappa shape index (κ2) is 5.34. The maximum atomic E-state index is 13.5. The molecule has 1 amide bonds. The van der Waals surface area contributed by atoms with Gasteiger partial charge in [0.05, 0.1) is 24.1 Å². The summed E-state index contributed by atoms with van der Waals surface area (Å²) in [5.41, 5.74) is 0.302. The molecule has 25 heavy (non-hydrogen) atoms. The number of phenolic OH excluding ortho intramolecular Hbond substituents is 1. The molecule has 0 bridgehead atoms. The second-order valence-electron chi connectivity index (χ2n) is 5.65. The van der Waals surface area contributed by atoms with Crippen LogP contribution >= 0.6 is 0 Å². The Labute approximate surface area is 140 Å². The van der Waals surface area contributed by atoms with Crippen LogP contribution in [-0.4, -0.2) is 18.1 Å². The van der Waals surface area contributed by atoms with Gasteiger partial charge >= 0.3 is 0 Å². The molecule has 7 heteroatoms. The Bertz CT molecular complexity index is 1090. The average molecular weight is 341 g/mol. The summed E-state index contributed by atoms with van der Waals surface area (Å²) in [6.07, 6.45) is 0. The van der Waals surface area contributed by atoms with Gasteiger partial charge in [0.15, 0.2) is 16.9 Å². The summed E-state index contributed by atoms with van der Waals surface area (Å²) in [4.78, 5) is 25.1. The van der Waals surface area contributed by atoms with Crippen LogP contribution in [0, 0.1) is 5.82 Å². The van der Waals surface area contributed by atoms with Crippen molar-refractivity contribution in [1.29, 1.82) is 0 Å². The molecular formula is C18H12FNO5. The number of hydrogen-bond donors (Lipinski definition) is 2. The summed E-state index contributed by atoms with van der Waals surface area (Å²) in [5, 5.41) is 12.5. The minimum absolute atomic E-state index is 0.0611. The van der Waals surface area contributed by atoms with Gasteiger partial charge in [0.1, 0.15) is 11.4 Å². The van der Waals surface area contributed by atoms with E-state index >= 15 is 0 Å². The highest BCUT2D eigenvalue weighted by atomic mass is 19.1. The molecule has 2 heterocycles. The fraction of sp³-hybridized carbons (Fsp3) is 0.111. The van der Waals surface area contributed by atoms with Crippen LogP contribution in [0.3, 0.4) is 0 Å². The Morgan fingerprint density at radius 3 is 2.76 bits per heavy atom. The SMILES string of the molecule is COc1cc(C2NC(=O)c3oc4ccc(F)cc4c(=O)c32)ccc1O. The summed E-state index contributed by atoms with van der Waals surface area (Å²) >= 11 is 0. The van der Waals surface area contributed by atoms with Crippen LogP contribution < -0.4 is 15.5 Å². The molecule has 2 N–H and O–H groups in total. The lowest BCUT2D eigenvalue weighted by Crippen LogP contribution is -2.22. The van der Waals surface area contributed by atoms with Crippen LogP contribution in [0.4, 0.5) is 4.39 Å². The van der Waals surface area contributed by atoms with Gasteiger partial charge in [-0.1, -0.05) is 6.07 Å². The van der Waals surface area contributed by atoms with Crippen molar-refractivity contribution in [2.75, 3.05) is 7.11 Å². The molecule has 1 aliphatic heterocycles. The van der Waals surface area contributed by atoms with Crippen molar-refractivity contribution in [3.63, 3.8) is 0 Å². The van der Waals surface area contributed by atoms with Crippen LogP contribution in [-0.2, 0) is 0 Å². The fourth-order valence-electron chi connectivity index (χ4n) is 3.01. The standard InChI is InChI=1S/C18H12FNO5/c1-24-13-6-8(2-4-11(13)21)15-14-16(22)10-7-9(19)3-5-12(10)25-17(14)18(23)20-15/h2-7,15,21H,1H3,(H,20,23). The van der Waals surface area contributed by atoms with Crippen molar-refractivity contribution in [2.24, 2.45) is 0 Å². The van der Waals surface area contributed by atoms with Gasteiger partial charge in [-0.2, -0.15) is 0 Å². The van der Waals surface area contributed by atoms with Gasteiger partial charge in [-0.05, 0) is 35.9 Å². The average Bonchev–Trinajstić information content (AvgIpc) is 2.93. The minimum Gasteiger partial charge on any atom is -0.504 e. The van der Waals surface area contributed by atoms with Gasteiger partial charge in [-0.15, -0.1) is 0 Å². The molecule has 0 aliphatic carbocycles. The highest BCUT2D eigenvalue weighted by Crippen LogP contribution is 2.35. The molecule has 1 unspecified atom stereocenters. The molecule has 0 saturated carbocycles. The smallest absolute Gasteiger partial charge is 0.288 e. The fourth-order valence-corrected chi connectivity index (χ4v) is 3.01. The first-order chi connectivity index (χ1) is 12.0. The molecule has 1 aliphatic rings. The van der Waals surface area contributed by atoms with E-state index in [1.807, 2.05) is 0 Å². The number of halogens is 1. The number of rotatable bonds is 2. The van der Waals surface area contributed by atoms with Gasteiger partial charge in [0.25, 0.3) is 5.91 Å². The van der Waals surface area contributed by atoms with E-state index in [-0.39, 0.29) is 33.8 Å². The van der Waals surface area contributed by atoms with Crippen LogP contribution in [0.15, 0.2) is 45.6 Å². The Morgan fingerprint density at radius 2 is 2.00 bits per heavy atom. The third kappa shape index (κ3) is 2.24. The van der Waals surface area contributed by atoms with E-state index in [4.69, 9.17) is 9.15 Å². The van der Waals surface area contributed by atoms with Crippen LogP contribution in [0.2, 0.25) is 0 Å². The molecule has 2 aromatic carbocycles. The van der Waals surface area contributed by atoms with Crippen LogP contribution in [0.1, 0.15) is 27.7 Å². The van der Waals surface area contributed by atoms with Gasteiger partial charge < -0.3 is 19.6 Å². The maximum Gasteiger partial charge on any atom is 0.288 e. The summed E-state index contributed by atoms with van der Waals surface area (Å²) in [6.45, 7) is 0. The number of phenols is 1. The van der Waals surface area contributed by atoms with Crippen molar-refractivity contribution in [1.82, 2.24) is 5.32 Å². The molecule has 0 spiro atoms. The summed E-state index contributed by atoms with van der Waals surface area (Å²) in [7, 11) is 1.39. The number of hydrogen-bond acceptors (Lipinski definition) is 5. The predicted molar refractivity (Wildman–Crippen MR) is 86.4 cm³/mol. The zero-order chi connectivity index (χ0) is 17.7. The van der Waals surface area contributed by atoms with Gasteiger partial charge in [-0.3, -0.25) is 9.59 Å². The highest BCUT2D eigenvalue weighted by Gasteiger charge is 2.36. The topological polar surface area (TPSA) is 88.8 Å². The van der Waals surface area contributed by atoms with Crippen molar-refractivity contribution in [3.05, 3.63) is 69.3 Å². The monoisotopic (exact) mass is 341 g/mol. The molecule has 3 aromatic rings. The summed E-state index contributed by atoms with van der Waals surface area (Å²) in [5.74, 6) is -1.06. The number of methoxy groups -OCH3 is 1. The van der Waals surface area contributed by atoms with Crippen molar-refractivity contribution < 1.29 is 23.4 Å². The number of carbonyl (C=O) groups excluding carboxylic acids is 1. The number of aromatic hydroxyl groups is 1. The molecule has 1 aromatic heterocycles. The van der Waals surface area contributed by atoms with Gasteiger partial charge in [0, 0.05) is 0 Å². The number of nitrogens with one attached hydrogen (secondary N) is 1. The molecule has 0 radical (unpaired) electrons. The molecule has 1 atom stereocenters. The molecule has 4 rings (SSSR count). The Hall–Kier alpha value is -3.35. The lowest BCUT2D eigenvalue weighted by atomic mass is 9.99. The van der Waals surface area contributed by atoms with Crippen molar-refractivity contribution in [2.45, 2.75) is 6.04 Å². The Morgan fingerprint density at radius 1 is 1.20 bits per heavy atom. The van der Waals surface area contributed by atoms with E-state index in [9.17, 15) is 19.1 Å². The van der Waals surface area contributed by atoms with E-state index in [2.05, 4.69) is 5.32 Å². The highest BCUT2D eigenvalue weighted by molar-refractivity contribution is 5.99. The molecule has 0 saturated heterocycles. The quantitative estimate of drug-likeness (QED) is 0.747. The third-order valence-electron chi connectivity index (χ3n) is 4.19. The summed E-state index contributed by atoms with van der Waals surface area (Å²) < 4.78 is 24.1. The number of ether oxygens (including phenoxy) is 1. The largest absolute Gasteiger partial charge is 0.504 e. The first-order valence-electron chi connectivity index (χ1n) is 7.43. The molecular weight excluding hydrogens is 329 g/mol. The Kier molecular flexibility index (Phi) is 3.24. The molecule has 6 nitrogen and oxygen atoms in total. The number of amides is 1. The number of fused-ring (bicyclic) bond motifs is 2.